The molecule has 1 aromatic carbocycles. The molecule has 31 heavy (non-hydrogen) atoms. The molecule has 0 spiro atoms. The molecule has 0 radical (unpaired) electrons. The van der Waals surface area contributed by atoms with Gasteiger partial charge < -0.3 is 24.1 Å². The number of benzene rings is 1. The number of hydrogen-bond donors (Lipinski definition) is 1. The number of nitrogens with one attached hydrogen (secondary N) is 1. The van der Waals surface area contributed by atoms with E-state index < -0.39 is 23.5 Å². The van der Waals surface area contributed by atoms with Gasteiger partial charge in [-0.1, -0.05) is 34.6 Å². The maximum Gasteiger partial charge on any atom is 0.340 e. The summed E-state index contributed by atoms with van der Waals surface area (Å²) in [5.41, 5.74) is 2.08. The number of aryl methyl sites for hydroxylation is 1. The molecule has 0 unspecified atom stereocenters. The van der Waals surface area contributed by atoms with Crippen LogP contribution >= 0.6 is 0 Å². The van der Waals surface area contributed by atoms with Crippen molar-refractivity contribution in [2.24, 2.45) is 5.92 Å². The average Bonchev–Trinajstić information content (AvgIpc) is 3.06. The molecule has 2 aromatic heterocycles. The van der Waals surface area contributed by atoms with Crippen LogP contribution in [0.25, 0.3) is 21.9 Å². The summed E-state index contributed by atoms with van der Waals surface area (Å²) in [6.45, 7) is 11.7. The van der Waals surface area contributed by atoms with Gasteiger partial charge in [-0.15, -0.1) is 0 Å². The van der Waals surface area contributed by atoms with Gasteiger partial charge in [0.15, 0.2) is 0 Å². The average molecular weight is 426 g/mol. The molecule has 7 heteroatoms. The van der Waals surface area contributed by atoms with E-state index >= 15 is 0 Å². The van der Waals surface area contributed by atoms with Gasteiger partial charge in [-0.3, -0.25) is 4.79 Å². The van der Waals surface area contributed by atoms with Crippen molar-refractivity contribution in [3.8, 4) is 0 Å². The smallest absolute Gasteiger partial charge is 0.340 e. The lowest BCUT2D eigenvalue weighted by atomic mass is 9.86. The molecule has 0 saturated carbocycles. The summed E-state index contributed by atoms with van der Waals surface area (Å²) >= 11 is 0. The fourth-order valence-electron chi connectivity index (χ4n) is 3.79. The summed E-state index contributed by atoms with van der Waals surface area (Å²) in [6, 6.07) is 2.49. The Kier molecular flexibility index (Phi) is 5.98. The SMILES string of the molecule is Cc1c(CC(=O)N[C@@H](CC(C)C)C(=O)[O-])c(=O)oc2cc3occ(C(C)(C)C)c3cc12. The van der Waals surface area contributed by atoms with Crippen LogP contribution in [0.5, 0.6) is 0 Å². The van der Waals surface area contributed by atoms with Gasteiger partial charge in [0.25, 0.3) is 0 Å². The minimum atomic E-state index is -1.35. The maximum absolute atomic E-state index is 12.6. The number of carboxylic acids is 1. The molecule has 0 aliphatic rings. The summed E-state index contributed by atoms with van der Waals surface area (Å²) in [5.74, 6) is -1.85. The van der Waals surface area contributed by atoms with E-state index in [0.717, 1.165) is 10.9 Å². The third-order valence-electron chi connectivity index (χ3n) is 5.45. The minimum absolute atomic E-state index is 0.0602. The predicted octanol–water partition coefficient (Wildman–Crippen LogP) is 2.97. The lowest BCUT2D eigenvalue weighted by Gasteiger charge is -2.21. The lowest BCUT2D eigenvalue weighted by Crippen LogP contribution is -2.49. The van der Waals surface area contributed by atoms with E-state index in [9.17, 15) is 19.5 Å². The minimum Gasteiger partial charge on any atom is -0.548 e. The Morgan fingerprint density at radius 1 is 1.13 bits per heavy atom. The first kappa shape index (κ1) is 22.6. The van der Waals surface area contributed by atoms with Crippen LogP contribution in [0.3, 0.4) is 0 Å². The van der Waals surface area contributed by atoms with Crippen LogP contribution in [0.15, 0.2) is 32.0 Å². The van der Waals surface area contributed by atoms with Gasteiger partial charge in [-0.05, 0) is 36.3 Å². The van der Waals surface area contributed by atoms with E-state index in [1.807, 2.05) is 19.9 Å². The third kappa shape index (κ3) is 4.65. The second-order valence-corrected chi connectivity index (χ2v) is 9.48. The highest BCUT2D eigenvalue weighted by atomic mass is 16.4. The van der Waals surface area contributed by atoms with Gasteiger partial charge in [-0.2, -0.15) is 0 Å². The topological polar surface area (TPSA) is 113 Å². The lowest BCUT2D eigenvalue weighted by molar-refractivity contribution is -0.308. The van der Waals surface area contributed by atoms with Crippen LogP contribution in [0.4, 0.5) is 0 Å². The Labute approximate surface area is 180 Å². The molecule has 0 aliphatic heterocycles. The summed E-state index contributed by atoms with van der Waals surface area (Å²) in [6.07, 6.45) is 1.68. The van der Waals surface area contributed by atoms with Crippen molar-refractivity contribution in [2.45, 2.75) is 65.8 Å². The Balaban J connectivity index is 2.01. The highest BCUT2D eigenvalue weighted by Crippen LogP contribution is 2.35. The van der Waals surface area contributed by atoms with Gasteiger partial charge in [-0.25, -0.2) is 4.79 Å². The molecule has 0 bridgehead atoms. The van der Waals surface area contributed by atoms with Gasteiger partial charge >= 0.3 is 5.63 Å². The zero-order valence-electron chi connectivity index (χ0n) is 18.8. The normalized spacial score (nSPS) is 13.1. The molecule has 1 N–H and O–H groups in total. The second kappa shape index (κ2) is 8.21. The van der Waals surface area contributed by atoms with E-state index in [1.54, 1.807) is 19.3 Å². The summed E-state index contributed by atoms with van der Waals surface area (Å²) in [5, 5.41) is 15.4. The molecule has 3 aromatic rings. The highest BCUT2D eigenvalue weighted by molar-refractivity contribution is 5.97. The maximum atomic E-state index is 12.6. The Hall–Kier alpha value is -3.09. The van der Waals surface area contributed by atoms with Gasteiger partial charge in [0.1, 0.15) is 11.2 Å². The van der Waals surface area contributed by atoms with E-state index in [-0.39, 0.29) is 29.7 Å². The van der Waals surface area contributed by atoms with Crippen LogP contribution in [0.1, 0.15) is 57.7 Å². The zero-order valence-corrected chi connectivity index (χ0v) is 18.8. The quantitative estimate of drug-likeness (QED) is 0.607. The van der Waals surface area contributed by atoms with Crippen LogP contribution in [0, 0.1) is 12.8 Å². The van der Waals surface area contributed by atoms with E-state index in [2.05, 4.69) is 26.1 Å². The highest BCUT2D eigenvalue weighted by Gasteiger charge is 2.23. The molecule has 166 valence electrons. The van der Waals surface area contributed by atoms with Crippen molar-refractivity contribution in [3.63, 3.8) is 0 Å². The van der Waals surface area contributed by atoms with E-state index in [4.69, 9.17) is 8.83 Å². The molecule has 3 rings (SSSR count). The standard InChI is InChI=1S/C24H29NO6/c1-12(2)7-18(22(27)28)25-21(26)9-15-13(3)14-8-16-17(24(4,5)6)11-30-19(16)10-20(14)31-23(15)29/h8,10-12,18H,7,9H2,1-6H3,(H,25,26)(H,27,28)/p-1/t18-/m0/s1. The number of rotatable bonds is 6. The molecule has 2 heterocycles. The molecular weight excluding hydrogens is 398 g/mol. The first-order valence-electron chi connectivity index (χ1n) is 10.4. The van der Waals surface area contributed by atoms with Crippen molar-refractivity contribution in [3.05, 3.63) is 45.5 Å². The Bertz CT molecular complexity index is 1210. The Morgan fingerprint density at radius 3 is 2.39 bits per heavy atom. The fraction of sp³-hybridized carbons (Fsp3) is 0.458. The van der Waals surface area contributed by atoms with Gasteiger partial charge in [0.05, 0.1) is 30.3 Å². The number of fused-ring (bicyclic) bond motifs is 2. The molecule has 0 fully saturated rings. The monoisotopic (exact) mass is 426 g/mol. The second-order valence-electron chi connectivity index (χ2n) is 9.48. The molecule has 7 nitrogen and oxygen atoms in total. The number of amides is 1. The molecular formula is C24H28NO6-. The fourth-order valence-corrected chi connectivity index (χ4v) is 3.79. The van der Waals surface area contributed by atoms with Crippen molar-refractivity contribution < 1.29 is 23.5 Å². The van der Waals surface area contributed by atoms with Crippen LogP contribution in [-0.2, 0) is 21.4 Å². The van der Waals surface area contributed by atoms with Crippen molar-refractivity contribution in [2.75, 3.05) is 0 Å². The van der Waals surface area contributed by atoms with Crippen LogP contribution < -0.4 is 16.0 Å². The van der Waals surface area contributed by atoms with Crippen LogP contribution in [-0.4, -0.2) is 17.9 Å². The number of hydrogen-bond acceptors (Lipinski definition) is 6. The first-order chi connectivity index (χ1) is 14.4. The molecule has 0 saturated heterocycles. The summed E-state index contributed by atoms with van der Waals surface area (Å²) < 4.78 is 11.1. The number of carboxylic acid groups (broad SMARTS) is 1. The van der Waals surface area contributed by atoms with E-state index in [0.29, 0.717) is 22.1 Å². The van der Waals surface area contributed by atoms with Crippen molar-refractivity contribution >= 4 is 33.8 Å². The number of furan rings is 1. The molecule has 1 amide bonds. The van der Waals surface area contributed by atoms with Crippen molar-refractivity contribution in [1.29, 1.82) is 0 Å². The Morgan fingerprint density at radius 2 is 1.81 bits per heavy atom. The number of carbonyl (C=O) groups is 2. The largest absolute Gasteiger partial charge is 0.548 e. The molecule has 1 atom stereocenters. The number of carbonyl (C=O) groups excluding carboxylic acids is 2. The first-order valence-corrected chi connectivity index (χ1v) is 10.4. The van der Waals surface area contributed by atoms with Gasteiger partial charge in [0.2, 0.25) is 5.91 Å². The van der Waals surface area contributed by atoms with Crippen molar-refractivity contribution in [1.82, 2.24) is 5.32 Å². The number of aliphatic carboxylic acids is 1. The zero-order chi connectivity index (χ0) is 23.1. The van der Waals surface area contributed by atoms with Crippen LogP contribution in [0.2, 0.25) is 0 Å². The van der Waals surface area contributed by atoms with E-state index in [1.165, 1.54) is 0 Å². The predicted molar refractivity (Wildman–Crippen MR) is 116 cm³/mol. The third-order valence-corrected chi connectivity index (χ3v) is 5.45. The summed E-state index contributed by atoms with van der Waals surface area (Å²) in [7, 11) is 0. The summed E-state index contributed by atoms with van der Waals surface area (Å²) in [4.78, 5) is 36.4. The molecule has 0 aliphatic carbocycles. The van der Waals surface area contributed by atoms with Gasteiger partial charge in [0, 0.05) is 22.4 Å².